The van der Waals surface area contributed by atoms with Crippen LogP contribution in [-0.2, 0) is 6.61 Å². The van der Waals surface area contributed by atoms with E-state index in [4.69, 9.17) is 28.0 Å². The number of hydrogen-bond donors (Lipinski definition) is 3. The number of nitrogens with zero attached hydrogens (tertiary/aromatic N) is 1. The number of amides is 2. The molecule has 0 aliphatic heterocycles. The van der Waals surface area contributed by atoms with Crippen molar-refractivity contribution in [1.29, 1.82) is 0 Å². The predicted molar refractivity (Wildman–Crippen MR) is 112 cm³/mol. The zero-order valence-corrected chi connectivity index (χ0v) is 16.4. The van der Waals surface area contributed by atoms with Gasteiger partial charge in [0.15, 0.2) is 11.6 Å². The molecule has 0 saturated heterocycles. The van der Waals surface area contributed by atoms with E-state index < -0.39 is 11.8 Å². The van der Waals surface area contributed by atoms with Crippen molar-refractivity contribution in [2.45, 2.75) is 13.5 Å². The van der Waals surface area contributed by atoms with E-state index in [1.165, 1.54) is 0 Å². The van der Waals surface area contributed by atoms with Gasteiger partial charge in [-0.3, -0.25) is 5.43 Å². The molecule has 0 fully saturated rings. The highest BCUT2D eigenvalue weighted by Gasteiger charge is 2.17. The molecule has 150 valence electrons. The number of halogens is 2. The summed E-state index contributed by atoms with van der Waals surface area (Å²) in [6.07, 6.45) is 0. The van der Waals surface area contributed by atoms with Crippen LogP contribution in [0.3, 0.4) is 0 Å². The average molecular weight is 415 g/mol. The van der Waals surface area contributed by atoms with Crippen LogP contribution in [-0.4, -0.2) is 6.03 Å². The van der Waals surface area contributed by atoms with Crippen molar-refractivity contribution in [1.82, 2.24) is 5.43 Å². The van der Waals surface area contributed by atoms with Gasteiger partial charge in [-0.2, -0.15) is 0 Å². The molecule has 0 heterocycles. The van der Waals surface area contributed by atoms with E-state index in [1.807, 2.05) is 18.4 Å². The monoisotopic (exact) mass is 414 g/mol. The number of hydrogen-bond acceptors (Lipinski definition) is 4. The average Bonchev–Trinajstić information content (AvgIpc) is 2.73. The Labute approximate surface area is 172 Å². The van der Waals surface area contributed by atoms with Crippen LogP contribution >= 0.6 is 11.6 Å². The molecule has 8 heteroatoms. The summed E-state index contributed by atoms with van der Waals surface area (Å²) in [7, 11) is 0. The first kappa shape index (κ1) is 20.6. The van der Waals surface area contributed by atoms with Crippen LogP contribution in [0.2, 0.25) is 5.02 Å². The van der Waals surface area contributed by atoms with E-state index in [0.717, 1.165) is 10.6 Å². The van der Waals surface area contributed by atoms with Crippen molar-refractivity contribution in [3.63, 3.8) is 0 Å². The van der Waals surface area contributed by atoms with Crippen LogP contribution in [0.5, 0.6) is 5.75 Å². The Bertz CT molecular complexity index is 1030. The predicted octanol–water partition coefficient (Wildman–Crippen LogP) is 4.30. The summed E-state index contributed by atoms with van der Waals surface area (Å²) in [5, 5.41) is 1.45. The topological polar surface area (TPSA) is 93.6 Å². The Kier molecular flexibility index (Phi) is 6.33. The Morgan fingerprint density at radius 3 is 2.52 bits per heavy atom. The van der Waals surface area contributed by atoms with Gasteiger partial charge in [0.1, 0.15) is 6.61 Å². The Balaban J connectivity index is 1.89. The maximum atomic E-state index is 15.0. The molecule has 6 nitrogen and oxygen atoms in total. The number of rotatable bonds is 5. The Morgan fingerprint density at radius 1 is 1.14 bits per heavy atom. The first-order valence-electron chi connectivity index (χ1n) is 8.73. The molecule has 5 N–H and O–H groups in total. The Morgan fingerprint density at radius 2 is 1.83 bits per heavy atom. The van der Waals surface area contributed by atoms with Gasteiger partial charge in [-0.25, -0.2) is 25.9 Å². The minimum Gasteiger partial charge on any atom is -0.486 e. The number of nitrogens with two attached hydrogens (primary N) is 2. The van der Waals surface area contributed by atoms with E-state index in [0.29, 0.717) is 27.4 Å². The lowest BCUT2D eigenvalue weighted by Gasteiger charge is -2.21. The van der Waals surface area contributed by atoms with Gasteiger partial charge in [-0.15, -0.1) is 0 Å². The van der Waals surface area contributed by atoms with E-state index in [-0.39, 0.29) is 12.4 Å². The SMILES string of the molecule is Cc1cccc(N(N)C(=O)NN)c1COc1cccc(-c2ccc(Cl)cc2)c1F. The van der Waals surface area contributed by atoms with Crippen molar-refractivity contribution >= 4 is 23.3 Å². The van der Waals surface area contributed by atoms with E-state index in [1.54, 1.807) is 54.6 Å². The fourth-order valence-electron chi connectivity index (χ4n) is 2.90. The second-order valence-corrected chi connectivity index (χ2v) is 6.74. The molecule has 29 heavy (non-hydrogen) atoms. The smallest absolute Gasteiger partial charge is 0.350 e. The lowest BCUT2D eigenvalue weighted by atomic mass is 10.0. The lowest BCUT2D eigenvalue weighted by molar-refractivity contribution is 0.246. The third kappa shape index (κ3) is 4.48. The molecular formula is C21H20ClFN4O2. The molecule has 0 aliphatic carbocycles. The standard InChI is InChI=1S/C21H20ClFN4O2/c1-13-4-2-6-18(27(25)21(28)26-24)17(13)12-29-19-7-3-5-16(20(19)23)14-8-10-15(22)11-9-14/h2-11H,12,24-25H2,1H3,(H,26,28). The van der Waals surface area contributed by atoms with Crippen LogP contribution in [0.4, 0.5) is 14.9 Å². The first-order chi connectivity index (χ1) is 13.9. The molecule has 0 radical (unpaired) electrons. The third-order valence-electron chi connectivity index (χ3n) is 4.48. The fraction of sp³-hybridized carbons (Fsp3) is 0.0952. The number of carbonyl (C=O) groups is 1. The van der Waals surface area contributed by atoms with Gasteiger partial charge in [0.2, 0.25) is 0 Å². The van der Waals surface area contributed by atoms with Gasteiger partial charge in [-0.05, 0) is 42.3 Å². The zero-order valence-electron chi connectivity index (χ0n) is 15.7. The molecular weight excluding hydrogens is 395 g/mol. The molecule has 2 amide bonds. The normalized spacial score (nSPS) is 10.5. The molecule has 3 aromatic carbocycles. The van der Waals surface area contributed by atoms with Crippen molar-refractivity contribution < 1.29 is 13.9 Å². The number of carbonyl (C=O) groups excluding carboxylic acids is 1. The molecule has 0 aromatic heterocycles. The number of hydrazine groups is 2. The van der Waals surface area contributed by atoms with Crippen molar-refractivity contribution in [3.8, 4) is 16.9 Å². The second kappa shape index (κ2) is 8.91. The van der Waals surface area contributed by atoms with Crippen molar-refractivity contribution in [2.75, 3.05) is 5.01 Å². The van der Waals surface area contributed by atoms with Gasteiger partial charge in [0.25, 0.3) is 0 Å². The summed E-state index contributed by atoms with van der Waals surface area (Å²) in [6, 6.07) is 16.3. The minimum absolute atomic E-state index is 0.00848. The minimum atomic E-state index is -0.687. The van der Waals surface area contributed by atoms with Crippen LogP contribution < -0.4 is 26.9 Å². The van der Waals surface area contributed by atoms with Gasteiger partial charge in [0.05, 0.1) is 5.69 Å². The summed E-state index contributed by atoms with van der Waals surface area (Å²) >= 11 is 5.91. The lowest BCUT2D eigenvalue weighted by Crippen LogP contribution is -2.48. The molecule has 0 unspecified atom stereocenters. The van der Waals surface area contributed by atoms with Gasteiger partial charge in [-0.1, -0.05) is 48.0 Å². The number of benzene rings is 3. The number of aryl methyl sites for hydroxylation is 1. The summed E-state index contributed by atoms with van der Waals surface area (Å²) in [5.74, 6) is 10.6. The maximum absolute atomic E-state index is 15.0. The molecule has 0 saturated carbocycles. The third-order valence-corrected chi connectivity index (χ3v) is 4.73. The highest BCUT2D eigenvalue weighted by Crippen LogP contribution is 2.31. The van der Waals surface area contributed by atoms with E-state index in [9.17, 15) is 4.79 Å². The molecule has 0 bridgehead atoms. The van der Waals surface area contributed by atoms with Crippen LogP contribution in [0.25, 0.3) is 11.1 Å². The zero-order chi connectivity index (χ0) is 21.0. The summed E-state index contributed by atoms with van der Waals surface area (Å²) < 4.78 is 20.8. The highest BCUT2D eigenvalue weighted by molar-refractivity contribution is 6.30. The fourth-order valence-corrected chi connectivity index (χ4v) is 3.03. The summed E-state index contributed by atoms with van der Waals surface area (Å²) in [4.78, 5) is 11.8. The Hall–Kier alpha value is -3.13. The van der Waals surface area contributed by atoms with Gasteiger partial charge in [0, 0.05) is 16.1 Å². The van der Waals surface area contributed by atoms with Crippen molar-refractivity contribution in [3.05, 3.63) is 82.6 Å². The number of anilines is 1. The van der Waals surface area contributed by atoms with E-state index >= 15 is 4.39 Å². The number of nitrogens with one attached hydrogen (secondary N) is 1. The number of ether oxygens (including phenoxy) is 1. The maximum Gasteiger partial charge on any atom is 0.350 e. The van der Waals surface area contributed by atoms with Gasteiger partial charge < -0.3 is 4.74 Å². The largest absolute Gasteiger partial charge is 0.486 e. The quantitative estimate of drug-likeness (QED) is 0.329. The van der Waals surface area contributed by atoms with Crippen LogP contribution in [0.15, 0.2) is 60.7 Å². The van der Waals surface area contributed by atoms with Crippen molar-refractivity contribution in [2.24, 2.45) is 11.7 Å². The van der Waals surface area contributed by atoms with Crippen LogP contribution in [0.1, 0.15) is 11.1 Å². The van der Waals surface area contributed by atoms with Crippen LogP contribution in [0, 0.1) is 12.7 Å². The molecule has 3 aromatic rings. The first-order valence-corrected chi connectivity index (χ1v) is 9.11. The second-order valence-electron chi connectivity index (χ2n) is 6.31. The van der Waals surface area contributed by atoms with E-state index in [2.05, 4.69) is 0 Å². The number of urea groups is 1. The van der Waals surface area contributed by atoms with Gasteiger partial charge >= 0.3 is 6.03 Å². The molecule has 0 spiro atoms. The molecule has 3 rings (SSSR count). The summed E-state index contributed by atoms with van der Waals surface area (Å²) in [5.41, 5.74) is 4.92. The molecule has 0 aliphatic rings. The molecule has 0 atom stereocenters. The highest BCUT2D eigenvalue weighted by atomic mass is 35.5. The summed E-state index contributed by atoms with van der Waals surface area (Å²) in [6.45, 7) is 1.85.